The predicted molar refractivity (Wildman–Crippen MR) is 126 cm³/mol. The maximum Gasteiger partial charge on any atom is 0.276 e. The first-order chi connectivity index (χ1) is 15.2. The van der Waals surface area contributed by atoms with Gasteiger partial charge in [-0.15, -0.1) is 0 Å². The lowest BCUT2D eigenvalue weighted by molar-refractivity contribution is 0.102. The number of amides is 1. The minimum Gasteiger partial charge on any atom is -0.321 e. The van der Waals surface area contributed by atoms with Crippen LogP contribution in [0.1, 0.15) is 16.1 Å². The molecule has 1 amide bonds. The van der Waals surface area contributed by atoms with Crippen LogP contribution in [0.3, 0.4) is 0 Å². The summed E-state index contributed by atoms with van der Waals surface area (Å²) in [5.74, 6) is -0.234. The molecule has 150 valence electrons. The molecule has 0 aliphatic carbocycles. The van der Waals surface area contributed by atoms with Gasteiger partial charge in [-0.1, -0.05) is 66.7 Å². The Labute approximate surface area is 180 Å². The number of para-hydroxylation sites is 1. The molecule has 0 aliphatic rings. The molecule has 0 spiro atoms. The first-order valence-electron chi connectivity index (χ1n) is 10.2. The van der Waals surface area contributed by atoms with Crippen molar-refractivity contribution >= 4 is 22.4 Å². The SMILES string of the molecule is Cc1cccc(NC(=O)c2cc(-c3ccc4ccccc4c3)n(-c3ccccc3)n2)c1. The molecule has 1 aromatic heterocycles. The van der Waals surface area contributed by atoms with Crippen molar-refractivity contribution in [2.24, 2.45) is 0 Å². The molecule has 4 heteroatoms. The van der Waals surface area contributed by atoms with Crippen LogP contribution in [0.2, 0.25) is 0 Å². The van der Waals surface area contributed by atoms with Gasteiger partial charge in [-0.05, 0) is 59.7 Å². The Bertz CT molecular complexity index is 1390. The van der Waals surface area contributed by atoms with Crippen molar-refractivity contribution in [1.82, 2.24) is 9.78 Å². The van der Waals surface area contributed by atoms with Gasteiger partial charge in [-0.3, -0.25) is 4.79 Å². The monoisotopic (exact) mass is 403 g/mol. The van der Waals surface area contributed by atoms with Crippen LogP contribution in [-0.4, -0.2) is 15.7 Å². The summed E-state index contributed by atoms with van der Waals surface area (Å²) in [6, 6.07) is 34.0. The lowest BCUT2D eigenvalue weighted by Crippen LogP contribution is -2.13. The van der Waals surface area contributed by atoms with Gasteiger partial charge in [0.2, 0.25) is 0 Å². The van der Waals surface area contributed by atoms with Gasteiger partial charge in [0.15, 0.2) is 5.69 Å². The Hall–Kier alpha value is -4.18. The molecule has 4 nitrogen and oxygen atoms in total. The minimum absolute atomic E-state index is 0.234. The first kappa shape index (κ1) is 18.8. The number of carbonyl (C=O) groups excluding carboxylic acids is 1. The van der Waals surface area contributed by atoms with Gasteiger partial charge in [0.05, 0.1) is 11.4 Å². The fourth-order valence-electron chi connectivity index (χ4n) is 3.73. The molecule has 5 rings (SSSR count). The number of fused-ring (bicyclic) bond motifs is 1. The van der Waals surface area contributed by atoms with Gasteiger partial charge in [0.25, 0.3) is 5.91 Å². The summed E-state index contributed by atoms with van der Waals surface area (Å²) in [5.41, 5.74) is 4.99. The number of aryl methyl sites for hydroxylation is 1. The fraction of sp³-hybridized carbons (Fsp3) is 0.0370. The molecule has 31 heavy (non-hydrogen) atoms. The van der Waals surface area contributed by atoms with Crippen LogP contribution in [0.15, 0.2) is 103 Å². The molecule has 0 radical (unpaired) electrons. The smallest absolute Gasteiger partial charge is 0.276 e. The van der Waals surface area contributed by atoms with Crippen molar-refractivity contribution in [2.45, 2.75) is 6.92 Å². The number of anilines is 1. The standard InChI is InChI=1S/C27H21N3O/c1-19-8-7-11-23(16-19)28-27(31)25-18-26(30(29-25)24-12-3-2-4-13-24)22-15-14-20-9-5-6-10-21(20)17-22/h2-18H,1H3,(H,28,31). The summed E-state index contributed by atoms with van der Waals surface area (Å²) >= 11 is 0. The molecule has 0 bridgehead atoms. The number of nitrogens with one attached hydrogen (secondary N) is 1. The van der Waals surface area contributed by atoms with Crippen molar-refractivity contribution in [3.63, 3.8) is 0 Å². The molecule has 0 atom stereocenters. The van der Waals surface area contributed by atoms with E-state index in [0.717, 1.165) is 33.6 Å². The zero-order valence-corrected chi connectivity index (χ0v) is 17.1. The summed E-state index contributed by atoms with van der Waals surface area (Å²) in [6.07, 6.45) is 0. The van der Waals surface area contributed by atoms with Gasteiger partial charge >= 0.3 is 0 Å². The lowest BCUT2D eigenvalue weighted by Gasteiger charge is -2.08. The molecular weight excluding hydrogens is 382 g/mol. The average molecular weight is 403 g/mol. The molecule has 1 heterocycles. The van der Waals surface area contributed by atoms with Crippen molar-refractivity contribution < 1.29 is 4.79 Å². The van der Waals surface area contributed by atoms with Crippen LogP contribution < -0.4 is 5.32 Å². The number of aromatic nitrogens is 2. The third kappa shape index (κ3) is 3.83. The Morgan fingerprint density at radius 3 is 2.35 bits per heavy atom. The maximum atomic E-state index is 13.0. The van der Waals surface area contributed by atoms with E-state index in [1.54, 1.807) is 0 Å². The summed E-state index contributed by atoms with van der Waals surface area (Å²) in [4.78, 5) is 13.0. The quantitative estimate of drug-likeness (QED) is 0.385. The molecule has 0 aliphatic heterocycles. The van der Waals surface area contributed by atoms with Crippen molar-refractivity contribution in [2.75, 3.05) is 5.32 Å². The normalized spacial score (nSPS) is 10.9. The van der Waals surface area contributed by atoms with E-state index in [1.807, 2.05) is 84.4 Å². The van der Waals surface area contributed by atoms with E-state index in [4.69, 9.17) is 0 Å². The Morgan fingerprint density at radius 2 is 1.55 bits per heavy atom. The number of hydrogen-bond acceptors (Lipinski definition) is 2. The largest absolute Gasteiger partial charge is 0.321 e. The van der Waals surface area contributed by atoms with Gasteiger partial charge in [-0.25, -0.2) is 4.68 Å². The molecule has 0 saturated carbocycles. The van der Waals surface area contributed by atoms with E-state index in [2.05, 4.69) is 40.7 Å². The highest BCUT2D eigenvalue weighted by Crippen LogP contribution is 2.28. The van der Waals surface area contributed by atoms with Crippen molar-refractivity contribution in [3.05, 3.63) is 114 Å². The lowest BCUT2D eigenvalue weighted by atomic mass is 10.0. The third-order valence-electron chi connectivity index (χ3n) is 5.26. The van der Waals surface area contributed by atoms with Gasteiger partial charge in [0, 0.05) is 11.3 Å². The van der Waals surface area contributed by atoms with Crippen molar-refractivity contribution in [3.8, 4) is 16.9 Å². The van der Waals surface area contributed by atoms with Crippen molar-refractivity contribution in [1.29, 1.82) is 0 Å². The number of benzene rings is 4. The predicted octanol–water partition coefficient (Wildman–Crippen LogP) is 6.25. The maximum absolute atomic E-state index is 13.0. The molecule has 0 unspecified atom stereocenters. The molecule has 0 fully saturated rings. The van der Waals surface area contributed by atoms with E-state index in [1.165, 1.54) is 5.39 Å². The first-order valence-corrected chi connectivity index (χ1v) is 10.2. The second-order valence-corrected chi connectivity index (χ2v) is 7.55. The third-order valence-corrected chi connectivity index (χ3v) is 5.26. The molecule has 1 N–H and O–H groups in total. The second kappa shape index (κ2) is 7.92. The highest BCUT2D eigenvalue weighted by Gasteiger charge is 2.17. The van der Waals surface area contributed by atoms with Crippen LogP contribution in [0.25, 0.3) is 27.7 Å². The highest BCUT2D eigenvalue weighted by molar-refractivity contribution is 6.03. The average Bonchev–Trinajstić information content (AvgIpc) is 3.25. The van der Waals surface area contributed by atoms with Crippen LogP contribution in [0.4, 0.5) is 5.69 Å². The Kier molecular flexibility index (Phi) is 4.81. The van der Waals surface area contributed by atoms with Crippen LogP contribution in [-0.2, 0) is 0 Å². The summed E-state index contributed by atoms with van der Waals surface area (Å²) < 4.78 is 1.83. The van der Waals surface area contributed by atoms with E-state index in [9.17, 15) is 4.79 Å². The zero-order valence-electron chi connectivity index (χ0n) is 17.1. The fourth-order valence-corrected chi connectivity index (χ4v) is 3.73. The van der Waals surface area contributed by atoms with Crippen LogP contribution in [0, 0.1) is 6.92 Å². The highest BCUT2D eigenvalue weighted by atomic mass is 16.1. The van der Waals surface area contributed by atoms with E-state index in [-0.39, 0.29) is 5.91 Å². The van der Waals surface area contributed by atoms with Crippen LogP contribution in [0.5, 0.6) is 0 Å². The molecule has 4 aromatic carbocycles. The second-order valence-electron chi connectivity index (χ2n) is 7.55. The summed E-state index contributed by atoms with van der Waals surface area (Å²) in [5, 5.41) is 9.94. The minimum atomic E-state index is -0.234. The number of rotatable bonds is 4. The zero-order chi connectivity index (χ0) is 21.2. The summed E-state index contributed by atoms with van der Waals surface area (Å²) in [6.45, 7) is 2.00. The summed E-state index contributed by atoms with van der Waals surface area (Å²) in [7, 11) is 0. The number of hydrogen-bond donors (Lipinski definition) is 1. The molecular formula is C27H21N3O. The van der Waals surface area contributed by atoms with Gasteiger partial charge in [0.1, 0.15) is 0 Å². The van der Waals surface area contributed by atoms with E-state index >= 15 is 0 Å². The van der Waals surface area contributed by atoms with E-state index in [0.29, 0.717) is 5.69 Å². The van der Waals surface area contributed by atoms with Crippen LogP contribution >= 0.6 is 0 Å². The Morgan fingerprint density at radius 1 is 0.774 bits per heavy atom. The topological polar surface area (TPSA) is 46.9 Å². The van der Waals surface area contributed by atoms with E-state index < -0.39 is 0 Å². The van der Waals surface area contributed by atoms with Gasteiger partial charge in [-0.2, -0.15) is 5.10 Å². The van der Waals surface area contributed by atoms with Gasteiger partial charge < -0.3 is 5.32 Å². The Balaban J connectivity index is 1.59. The molecule has 5 aromatic rings. The molecule has 0 saturated heterocycles. The number of carbonyl (C=O) groups is 1. The number of nitrogens with zero attached hydrogens (tertiary/aromatic N) is 2.